The van der Waals surface area contributed by atoms with Crippen LogP contribution >= 0.6 is 0 Å². The summed E-state index contributed by atoms with van der Waals surface area (Å²) in [5.74, 6) is 0.300. The summed E-state index contributed by atoms with van der Waals surface area (Å²) in [4.78, 5) is 9.62. The molecule has 0 aliphatic rings. The van der Waals surface area contributed by atoms with Gasteiger partial charge in [-0.3, -0.25) is 10.1 Å². The second kappa shape index (κ2) is 3.71. The fourth-order valence-electron chi connectivity index (χ4n) is 0.764. The molecule has 1 heterocycles. The first-order chi connectivity index (χ1) is 5.74. The highest BCUT2D eigenvalue weighted by atomic mass is 16.6. The van der Waals surface area contributed by atoms with E-state index in [2.05, 4.69) is 0 Å². The van der Waals surface area contributed by atoms with Gasteiger partial charge in [0, 0.05) is 0 Å². The molecule has 4 heteroatoms. The lowest BCUT2D eigenvalue weighted by atomic mass is 10.3. The molecule has 1 aromatic rings. The molecular weight excluding hydrogens is 158 g/mol. The standard InChI is InChI=1S/C8H9NO3/c1-2-3-4-7-5-6-8(12-7)9(10)11/h3-6H,2H2,1H3. The number of rotatable bonds is 3. The third-order valence-electron chi connectivity index (χ3n) is 1.31. The number of hydrogen-bond acceptors (Lipinski definition) is 3. The molecule has 0 N–H and O–H groups in total. The monoisotopic (exact) mass is 167 g/mol. The molecule has 0 bridgehead atoms. The zero-order valence-electron chi connectivity index (χ0n) is 6.69. The van der Waals surface area contributed by atoms with E-state index in [0.717, 1.165) is 6.42 Å². The van der Waals surface area contributed by atoms with E-state index in [1.54, 1.807) is 12.1 Å². The van der Waals surface area contributed by atoms with Gasteiger partial charge in [0.1, 0.15) is 10.7 Å². The van der Waals surface area contributed by atoms with Gasteiger partial charge in [-0.15, -0.1) is 0 Å². The topological polar surface area (TPSA) is 56.3 Å². The molecule has 0 aromatic carbocycles. The van der Waals surface area contributed by atoms with E-state index in [9.17, 15) is 10.1 Å². The van der Waals surface area contributed by atoms with Crippen molar-refractivity contribution < 1.29 is 9.34 Å². The summed E-state index contributed by atoms with van der Waals surface area (Å²) in [5.41, 5.74) is 0. The Hall–Kier alpha value is -1.58. The van der Waals surface area contributed by atoms with Crippen molar-refractivity contribution in [1.29, 1.82) is 0 Å². The Balaban J connectivity index is 2.77. The zero-order chi connectivity index (χ0) is 8.97. The van der Waals surface area contributed by atoms with Crippen molar-refractivity contribution in [2.75, 3.05) is 0 Å². The molecule has 0 aliphatic heterocycles. The van der Waals surface area contributed by atoms with E-state index in [1.165, 1.54) is 6.07 Å². The Labute approximate surface area is 69.6 Å². The lowest BCUT2D eigenvalue weighted by Crippen LogP contribution is -1.82. The molecule has 0 amide bonds. The summed E-state index contributed by atoms with van der Waals surface area (Å²) >= 11 is 0. The van der Waals surface area contributed by atoms with Gasteiger partial charge in [0.15, 0.2) is 0 Å². The number of furan rings is 1. The molecule has 0 fully saturated rings. The Morgan fingerprint density at radius 2 is 2.42 bits per heavy atom. The molecule has 0 aliphatic carbocycles. The first-order valence-electron chi connectivity index (χ1n) is 3.65. The van der Waals surface area contributed by atoms with Crippen molar-refractivity contribution in [3.05, 3.63) is 34.1 Å². The van der Waals surface area contributed by atoms with Crippen LogP contribution in [0.4, 0.5) is 5.88 Å². The lowest BCUT2D eigenvalue weighted by molar-refractivity contribution is -0.402. The molecule has 64 valence electrons. The minimum absolute atomic E-state index is 0.217. The predicted octanol–water partition coefficient (Wildman–Crippen LogP) is 2.61. The molecule has 0 atom stereocenters. The maximum absolute atomic E-state index is 10.2. The highest BCUT2D eigenvalue weighted by Gasteiger charge is 2.09. The Kier molecular flexibility index (Phi) is 2.63. The fraction of sp³-hybridized carbons (Fsp3) is 0.250. The molecule has 12 heavy (non-hydrogen) atoms. The van der Waals surface area contributed by atoms with Gasteiger partial charge in [0.05, 0.1) is 6.07 Å². The van der Waals surface area contributed by atoms with E-state index >= 15 is 0 Å². The average Bonchev–Trinajstić information content (AvgIpc) is 2.48. The van der Waals surface area contributed by atoms with Crippen LogP contribution in [0, 0.1) is 10.1 Å². The minimum atomic E-state index is -0.552. The highest BCUT2D eigenvalue weighted by Crippen LogP contribution is 2.16. The minimum Gasteiger partial charge on any atom is -0.401 e. The van der Waals surface area contributed by atoms with Crippen molar-refractivity contribution >= 4 is 12.0 Å². The van der Waals surface area contributed by atoms with Gasteiger partial charge < -0.3 is 4.42 Å². The lowest BCUT2D eigenvalue weighted by Gasteiger charge is -1.82. The Morgan fingerprint density at radius 1 is 1.67 bits per heavy atom. The van der Waals surface area contributed by atoms with Crippen LogP contribution in [0.15, 0.2) is 22.6 Å². The second-order valence-electron chi connectivity index (χ2n) is 2.24. The summed E-state index contributed by atoms with van der Waals surface area (Å²) in [6.45, 7) is 1.98. The maximum atomic E-state index is 10.2. The largest absolute Gasteiger partial charge is 0.433 e. The van der Waals surface area contributed by atoms with Crippen molar-refractivity contribution in [2.24, 2.45) is 0 Å². The molecule has 0 saturated carbocycles. The molecular formula is C8H9NO3. The third-order valence-corrected chi connectivity index (χ3v) is 1.31. The van der Waals surface area contributed by atoms with Crippen LogP contribution in [-0.4, -0.2) is 4.92 Å². The van der Waals surface area contributed by atoms with E-state index in [-0.39, 0.29) is 5.88 Å². The smallest absolute Gasteiger partial charge is 0.401 e. The van der Waals surface area contributed by atoms with E-state index in [4.69, 9.17) is 4.42 Å². The summed E-state index contributed by atoms with van der Waals surface area (Å²) < 4.78 is 4.86. The van der Waals surface area contributed by atoms with Crippen molar-refractivity contribution in [3.8, 4) is 0 Å². The first kappa shape index (κ1) is 8.52. The quantitative estimate of drug-likeness (QED) is 0.513. The van der Waals surface area contributed by atoms with Crippen molar-refractivity contribution in [2.45, 2.75) is 13.3 Å². The van der Waals surface area contributed by atoms with Gasteiger partial charge in [0.25, 0.3) is 0 Å². The summed E-state index contributed by atoms with van der Waals surface area (Å²) in [5, 5.41) is 10.2. The fourth-order valence-corrected chi connectivity index (χ4v) is 0.764. The highest BCUT2D eigenvalue weighted by molar-refractivity contribution is 5.44. The van der Waals surface area contributed by atoms with Gasteiger partial charge in [-0.2, -0.15) is 0 Å². The third kappa shape index (κ3) is 1.95. The zero-order valence-corrected chi connectivity index (χ0v) is 6.69. The molecule has 0 radical (unpaired) electrons. The van der Waals surface area contributed by atoms with Crippen LogP contribution in [-0.2, 0) is 0 Å². The van der Waals surface area contributed by atoms with Gasteiger partial charge in [-0.25, -0.2) is 0 Å². The summed E-state index contributed by atoms with van der Waals surface area (Å²) in [7, 11) is 0. The maximum Gasteiger partial charge on any atom is 0.433 e. The SMILES string of the molecule is CCC=Cc1ccc([N+](=O)[O-])o1. The average molecular weight is 167 g/mol. The van der Waals surface area contributed by atoms with Crippen molar-refractivity contribution in [1.82, 2.24) is 0 Å². The molecule has 0 saturated heterocycles. The van der Waals surface area contributed by atoms with Gasteiger partial charge >= 0.3 is 5.88 Å². The number of allylic oxidation sites excluding steroid dienone is 1. The molecule has 1 rings (SSSR count). The second-order valence-corrected chi connectivity index (χ2v) is 2.24. The first-order valence-corrected chi connectivity index (χ1v) is 3.65. The Morgan fingerprint density at radius 3 is 2.92 bits per heavy atom. The van der Waals surface area contributed by atoms with Crippen LogP contribution in [0.1, 0.15) is 19.1 Å². The van der Waals surface area contributed by atoms with E-state index in [0.29, 0.717) is 5.76 Å². The van der Waals surface area contributed by atoms with Gasteiger partial charge in [0.2, 0.25) is 0 Å². The van der Waals surface area contributed by atoms with Crippen LogP contribution in [0.3, 0.4) is 0 Å². The number of nitro groups is 1. The molecule has 0 unspecified atom stereocenters. The van der Waals surface area contributed by atoms with Gasteiger partial charge in [-0.05, 0) is 18.6 Å². The Bertz CT molecular complexity index is 301. The number of hydrogen-bond donors (Lipinski definition) is 0. The van der Waals surface area contributed by atoms with E-state index < -0.39 is 4.92 Å². The molecule has 4 nitrogen and oxygen atoms in total. The number of nitrogens with zero attached hydrogens (tertiary/aromatic N) is 1. The molecule has 0 spiro atoms. The molecule has 1 aromatic heterocycles. The van der Waals surface area contributed by atoms with Crippen LogP contribution in [0.25, 0.3) is 6.08 Å². The summed E-state index contributed by atoms with van der Waals surface area (Å²) in [6.07, 6.45) is 4.48. The normalized spacial score (nSPS) is 10.8. The van der Waals surface area contributed by atoms with Crippen LogP contribution < -0.4 is 0 Å². The van der Waals surface area contributed by atoms with Crippen molar-refractivity contribution in [3.63, 3.8) is 0 Å². The predicted molar refractivity (Wildman–Crippen MR) is 44.7 cm³/mol. The summed E-state index contributed by atoms with van der Waals surface area (Å²) in [6, 6.07) is 2.92. The van der Waals surface area contributed by atoms with Gasteiger partial charge in [-0.1, -0.05) is 13.0 Å². The van der Waals surface area contributed by atoms with Crippen LogP contribution in [0.2, 0.25) is 0 Å². The van der Waals surface area contributed by atoms with E-state index in [1.807, 2.05) is 13.0 Å². The van der Waals surface area contributed by atoms with Crippen LogP contribution in [0.5, 0.6) is 0 Å².